The smallest absolute Gasteiger partial charge is 0.0755 e. The molecule has 0 N–H and O–H groups in total. The second kappa shape index (κ2) is 3.79. The first kappa shape index (κ1) is 9.81. The van der Waals surface area contributed by atoms with Crippen molar-refractivity contribution in [3.63, 3.8) is 0 Å². The molecule has 1 aromatic rings. The number of aryl methyl sites for hydroxylation is 1. The Labute approximate surface area is 92.8 Å². The Kier molecular flexibility index (Phi) is 2.66. The predicted octanol–water partition coefficient (Wildman–Crippen LogP) is 3.38. The van der Waals surface area contributed by atoms with Crippen LogP contribution >= 0.6 is 23.2 Å². The lowest BCUT2D eigenvalue weighted by Crippen LogP contribution is -2.11. The normalized spacial score (nSPS) is 21.8. The molecule has 0 bridgehead atoms. The first-order valence-electron chi connectivity index (χ1n) is 4.42. The van der Waals surface area contributed by atoms with E-state index in [1.54, 1.807) is 6.20 Å². The summed E-state index contributed by atoms with van der Waals surface area (Å²) in [6.45, 7) is 2.02. The van der Waals surface area contributed by atoms with E-state index < -0.39 is 0 Å². The third-order valence-corrected chi connectivity index (χ3v) is 3.07. The Bertz CT molecular complexity index is 404. The number of rotatable bonds is 1. The van der Waals surface area contributed by atoms with E-state index in [-0.39, 0.29) is 6.04 Å². The Balaban J connectivity index is 2.29. The average molecular weight is 229 g/mol. The van der Waals surface area contributed by atoms with Crippen LogP contribution in [0.25, 0.3) is 0 Å². The first-order valence-corrected chi connectivity index (χ1v) is 5.17. The van der Waals surface area contributed by atoms with Gasteiger partial charge in [0, 0.05) is 11.9 Å². The minimum absolute atomic E-state index is 0.194. The number of aromatic nitrogens is 2. The molecule has 0 amide bonds. The highest BCUT2D eigenvalue weighted by molar-refractivity contribution is 6.44. The fourth-order valence-corrected chi connectivity index (χ4v) is 1.91. The highest BCUT2D eigenvalue weighted by Crippen LogP contribution is 2.30. The van der Waals surface area contributed by atoms with Gasteiger partial charge in [-0.05, 0) is 25.5 Å². The van der Waals surface area contributed by atoms with Gasteiger partial charge >= 0.3 is 0 Å². The third-order valence-electron chi connectivity index (χ3n) is 2.29. The molecule has 1 aromatic heterocycles. The minimum Gasteiger partial charge on any atom is -0.263 e. The Hall–Kier alpha value is -0.730. The van der Waals surface area contributed by atoms with Crippen LogP contribution in [-0.4, -0.2) is 9.78 Å². The van der Waals surface area contributed by atoms with Gasteiger partial charge in [0.05, 0.1) is 16.1 Å². The molecule has 4 heteroatoms. The largest absolute Gasteiger partial charge is 0.263 e. The zero-order chi connectivity index (χ0) is 10.1. The van der Waals surface area contributed by atoms with Crippen LogP contribution in [0, 0.1) is 6.92 Å². The molecule has 0 fully saturated rings. The Morgan fingerprint density at radius 1 is 1.43 bits per heavy atom. The topological polar surface area (TPSA) is 17.8 Å². The van der Waals surface area contributed by atoms with Crippen LogP contribution in [-0.2, 0) is 0 Å². The molecular weight excluding hydrogens is 219 g/mol. The number of halogens is 2. The minimum atomic E-state index is 0.194. The van der Waals surface area contributed by atoms with E-state index in [0.29, 0.717) is 10.1 Å². The van der Waals surface area contributed by atoms with Crippen LogP contribution in [0.15, 0.2) is 34.5 Å². The van der Waals surface area contributed by atoms with Crippen molar-refractivity contribution < 1.29 is 0 Å². The molecule has 0 saturated heterocycles. The zero-order valence-electron chi connectivity index (χ0n) is 7.74. The van der Waals surface area contributed by atoms with E-state index in [1.165, 1.54) is 0 Å². The van der Waals surface area contributed by atoms with Crippen molar-refractivity contribution in [2.75, 3.05) is 0 Å². The van der Waals surface area contributed by atoms with Gasteiger partial charge in [0.1, 0.15) is 0 Å². The molecule has 74 valence electrons. The molecule has 0 aliphatic heterocycles. The molecule has 1 aliphatic carbocycles. The van der Waals surface area contributed by atoms with Crippen LogP contribution in [0.4, 0.5) is 0 Å². The molecule has 2 nitrogen and oxygen atoms in total. The zero-order valence-corrected chi connectivity index (χ0v) is 9.26. The summed E-state index contributed by atoms with van der Waals surface area (Å²) >= 11 is 11.8. The number of hydrogen-bond acceptors (Lipinski definition) is 1. The molecule has 0 aromatic carbocycles. The molecule has 2 rings (SSSR count). The third kappa shape index (κ3) is 1.72. The first-order chi connectivity index (χ1) is 6.68. The van der Waals surface area contributed by atoms with Gasteiger partial charge in [-0.25, -0.2) is 0 Å². The second-order valence-electron chi connectivity index (χ2n) is 3.29. The van der Waals surface area contributed by atoms with Crippen molar-refractivity contribution in [1.82, 2.24) is 9.78 Å². The summed E-state index contributed by atoms with van der Waals surface area (Å²) in [6.07, 6.45) is 6.49. The van der Waals surface area contributed by atoms with Crippen molar-refractivity contribution in [3.05, 3.63) is 40.2 Å². The highest BCUT2D eigenvalue weighted by Gasteiger charge is 2.15. The van der Waals surface area contributed by atoms with E-state index in [0.717, 1.165) is 12.1 Å². The fraction of sp³-hybridized carbons (Fsp3) is 0.300. The van der Waals surface area contributed by atoms with Gasteiger partial charge in [0.15, 0.2) is 0 Å². The van der Waals surface area contributed by atoms with Crippen molar-refractivity contribution in [2.45, 2.75) is 19.4 Å². The van der Waals surface area contributed by atoms with Gasteiger partial charge in [-0.2, -0.15) is 5.10 Å². The maximum Gasteiger partial charge on any atom is 0.0755 e. The Morgan fingerprint density at radius 3 is 2.79 bits per heavy atom. The summed E-state index contributed by atoms with van der Waals surface area (Å²) in [4.78, 5) is 0. The Morgan fingerprint density at radius 2 is 2.21 bits per heavy atom. The summed E-state index contributed by atoms with van der Waals surface area (Å²) < 4.78 is 1.95. The van der Waals surface area contributed by atoms with Gasteiger partial charge in [-0.15, -0.1) is 0 Å². The van der Waals surface area contributed by atoms with Gasteiger partial charge in [0.25, 0.3) is 0 Å². The lowest BCUT2D eigenvalue weighted by molar-refractivity contribution is 0.526. The van der Waals surface area contributed by atoms with Crippen LogP contribution in [0.2, 0.25) is 0 Å². The van der Waals surface area contributed by atoms with Gasteiger partial charge in [-0.3, -0.25) is 4.68 Å². The lowest BCUT2D eigenvalue weighted by atomic mass is 10.1. The van der Waals surface area contributed by atoms with E-state index in [4.69, 9.17) is 23.2 Å². The van der Waals surface area contributed by atoms with Crippen molar-refractivity contribution in [1.29, 1.82) is 0 Å². The molecule has 0 spiro atoms. The molecule has 1 atom stereocenters. The van der Waals surface area contributed by atoms with E-state index in [1.807, 2.05) is 29.8 Å². The van der Waals surface area contributed by atoms with E-state index in [2.05, 4.69) is 5.10 Å². The summed E-state index contributed by atoms with van der Waals surface area (Å²) in [6, 6.07) is 2.17. The standard InChI is InChI=1S/C10H10Cl2N2/c1-7-4-5-13-14(7)8-2-3-9(11)10(12)6-8/h3-6,8H,2H2,1H3. The SMILES string of the molecule is Cc1ccnn1C1C=C(Cl)C(Cl)=CC1. The molecule has 1 aliphatic rings. The maximum atomic E-state index is 5.95. The predicted molar refractivity (Wildman–Crippen MR) is 58.5 cm³/mol. The highest BCUT2D eigenvalue weighted by atomic mass is 35.5. The number of nitrogens with zero attached hydrogens (tertiary/aromatic N) is 2. The van der Waals surface area contributed by atoms with Crippen LogP contribution in [0.1, 0.15) is 18.2 Å². The molecular formula is C10H10Cl2N2. The maximum absolute atomic E-state index is 5.95. The molecule has 14 heavy (non-hydrogen) atoms. The van der Waals surface area contributed by atoms with Crippen LogP contribution in [0.3, 0.4) is 0 Å². The molecule has 0 saturated carbocycles. The summed E-state index contributed by atoms with van der Waals surface area (Å²) in [7, 11) is 0. The van der Waals surface area contributed by atoms with Crippen LogP contribution in [0.5, 0.6) is 0 Å². The number of hydrogen-bond donors (Lipinski definition) is 0. The number of allylic oxidation sites excluding steroid dienone is 4. The summed E-state index contributed by atoms with van der Waals surface area (Å²) in [5, 5.41) is 5.48. The van der Waals surface area contributed by atoms with Gasteiger partial charge in [-0.1, -0.05) is 29.3 Å². The second-order valence-corrected chi connectivity index (χ2v) is 4.10. The van der Waals surface area contributed by atoms with Crippen molar-refractivity contribution >= 4 is 23.2 Å². The summed E-state index contributed by atoms with van der Waals surface area (Å²) in [5.41, 5.74) is 1.13. The van der Waals surface area contributed by atoms with Crippen molar-refractivity contribution in [2.24, 2.45) is 0 Å². The molecule has 1 unspecified atom stereocenters. The fourth-order valence-electron chi connectivity index (χ4n) is 1.54. The average Bonchev–Trinajstić information content (AvgIpc) is 2.57. The quantitative estimate of drug-likeness (QED) is 0.721. The van der Waals surface area contributed by atoms with Gasteiger partial charge in [0.2, 0.25) is 0 Å². The molecule has 1 heterocycles. The van der Waals surface area contributed by atoms with Gasteiger partial charge < -0.3 is 0 Å². The van der Waals surface area contributed by atoms with E-state index in [9.17, 15) is 0 Å². The monoisotopic (exact) mass is 228 g/mol. The molecule has 0 radical (unpaired) electrons. The van der Waals surface area contributed by atoms with Crippen molar-refractivity contribution in [3.8, 4) is 0 Å². The summed E-state index contributed by atoms with van der Waals surface area (Å²) in [5.74, 6) is 0. The lowest BCUT2D eigenvalue weighted by Gasteiger charge is -2.18. The van der Waals surface area contributed by atoms with Crippen LogP contribution < -0.4 is 0 Å². The van der Waals surface area contributed by atoms with E-state index >= 15 is 0 Å².